The maximum Gasteiger partial charge on any atom is 0.407 e. The summed E-state index contributed by atoms with van der Waals surface area (Å²) in [6, 6.07) is -0.302. The molecule has 0 rings (SSSR count). The van der Waals surface area contributed by atoms with Gasteiger partial charge in [0, 0.05) is 16.7 Å². The number of nitrogens with one attached hydrogen (secondary N) is 1. The third-order valence-electron chi connectivity index (χ3n) is 1.56. The van der Waals surface area contributed by atoms with E-state index in [9.17, 15) is 13.2 Å². The second-order valence-electron chi connectivity index (χ2n) is 4.58. The normalized spacial score (nSPS) is 14.3. The molecule has 0 spiro atoms. The third-order valence-corrected chi connectivity index (χ3v) is 2.74. The van der Waals surface area contributed by atoms with Crippen molar-refractivity contribution < 1.29 is 17.9 Å². The van der Waals surface area contributed by atoms with Crippen LogP contribution in [-0.2, 0) is 13.8 Å². The van der Waals surface area contributed by atoms with Crippen LogP contribution in [0.1, 0.15) is 34.1 Å². The number of amides is 1. The molecular formula is C9H18ClNO4S. The summed E-state index contributed by atoms with van der Waals surface area (Å²) in [5.41, 5.74) is -0.567. The van der Waals surface area contributed by atoms with Crippen LogP contribution in [-0.4, -0.2) is 31.9 Å². The Bertz CT molecular complexity index is 334. The highest BCUT2D eigenvalue weighted by atomic mass is 35.7. The average Bonchev–Trinajstić information content (AvgIpc) is 1.95. The van der Waals surface area contributed by atoms with Crippen molar-refractivity contribution in [1.29, 1.82) is 0 Å². The van der Waals surface area contributed by atoms with Crippen molar-refractivity contribution in [3.63, 3.8) is 0 Å². The van der Waals surface area contributed by atoms with E-state index >= 15 is 0 Å². The fourth-order valence-electron chi connectivity index (χ4n) is 0.898. The van der Waals surface area contributed by atoms with Gasteiger partial charge in [0.15, 0.2) is 0 Å². The van der Waals surface area contributed by atoms with Gasteiger partial charge in [-0.15, -0.1) is 0 Å². The first kappa shape index (κ1) is 15.5. The van der Waals surface area contributed by atoms with Gasteiger partial charge in [0.05, 0.1) is 5.75 Å². The zero-order chi connectivity index (χ0) is 13.0. The van der Waals surface area contributed by atoms with Crippen molar-refractivity contribution in [2.75, 3.05) is 5.75 Å². The van der Waals surface area contributed by atoms with Crippen LogP contribution in [0.4, 0.5) is 4.79 Å². The van der Waals surface area contributed by atoms with Gasteiger partial charge in [-0.25, -0.2) is 13.2 Å². The quantitative estimate of drug-likeness (QED) is 0.792. The largest absolute Gasteiger partial charge is 0.444 e. The molecule has 1 unspecified atom stereocenters. The van der Waals surface area contributed by atoms with Gasteiger partial charge in [-0.3, -0.25) is 0 Å². The molecule has 0 saturated heterocycles. The molecule has 0 saturated carbocycles. The number of carbonyl (C=O) groups excluding carboxylic acids is 1. The van der Waals surface area contributed by atoms with Crippen LogP contribution < -0.4 is 5.32 Å². The number of ether oxygens (including phenoxy) is 1. The van der Waals surface area contributed by atoms with Crippen LogP contribution in [0.25, 0.3) is 0 Å². The molecule has 0 aliphatic carbocycles. The minimum Gasteiger partial charge on any atom is -0.444 e. The summed E-state index contributed by atoms with van der Waals surface area (Å²) in [6.07, 6.45) is -0.308. The van der Waals surface area contributed by atoms with Crippen LogP contribution in [0.2, 0.25) is 0 Å². The van der Waals surface area contributed by atoms with Gasteiger partial charge in [0.2, 0.25) is 9.05 Å². The van der Waals surface area contributed by atoms with Crippen molar-refractivity contribution in [2.45, 2.75) is 45.8 Å². The van der Waals surface area contributed by atoms with Gasteiger partial charge in [-0.2, -0.15) is 0 Å². The molecule has 96 valence electrons. The van der Waals surface area contributed by atoms with Gasteiger partial charge in [-0.1, -0.05) is 0 Å². The van der Waals surface area contributed by atoms with Gasteiger partial charge >= 0.3 is 6.09 Å². The Hall–Kier alpha value is -0.490. The standard InChI is InChI=1S/C9H18ClNO4S/c1-7(5-6-16(10,13)14)11-8(12)15-9(2,3)4/h7H,5-6H2,1-4H3,(H,11,12). The molecule has 1 amide bonds. The average molecular weight is 272 g/mol. The van der Waals surface area contributed by atoms with E-state index in [0.717, 1.165) is 0 Å². The van der Waals surface area contributed by atoms with Crippen molar-refractivity contribution in [3.05, 3.63) is 0 Å². The molecule has 0 aromatic rings. The Labute approximate surface area is 101 Å². The third kappa shape index (κ3) is 10.0. The molecule has 0 fully saturated rings. The van der Waals surface area contributed by atoms with Crippen molar-refractivity contribution in [1.82, 2.24) is 5.32 Å². The number of hydrogen-bond acceptors (Lipinski definition) is 4. The molecule has 0 bridgehead atoms. The molecular weight excluding hydrogens is 254 g/mol. The molecule has 0 heterocycles. The predicted molar refractivity (Wildman–Crippen MR) is 63.1 cm³/mol. The Kier molecular flexibility index (Phi) is 5.55. The summed E-state index contributed by atoms with van der Waals surface area (Å²) in [5, 5.41) is 2.52. The maximum absolute atomic E-state index is 11.3. The van der Waals surface area contributed by atoms with E-state index in [1.54, 1.807) is 27.7 Å². The molecule has 1 atom stereocenters. The summed E-state index contributed by atoms with van der Waals surface area (Å²) in [5.74, 6) is -0.175. The van der Waals surface area contributed by atoms with Crippen molar-refractivity contribution >= 4 is 25.8 Å². The lowest BCUT2D eigenvalue weighted by atomic mass is 10.2. The molecule has 1 N–H and O–H groups in total. The van der Waals surface area contributed by atoms with Crippen LogP contribution in [0.5, 0.6) is 0 Å². The Morgan fingerprint density at radius 2 is 1.94 bits per heavy atom. The smallest absolute Gasteiger partial charge is 0.407 e. The second-order valence-corrected chi connectivity index (χ2v) is 7.48. The number of hydrogen-bond donors (Lipinski definition) is 1. The summed E-state index contributed by atoms with van der Waals surface area (Å²) >= 11 is 0. The zero-order valence-electron chi connectivity index (χ0n) is 9.91. The lowest BCUT2D eigenvalue weighted by Gasteiger charge is -2.21. The number of alkyl carbamates (subject to hydrolysis) is 1. The fraction of sp³-hybridized carbons (Fsp3) is 0.889. The highest BCUT2D eigenvalue weighted by molar-refractivity contribution is 8.13. The lowest BCUT2D eigenvalue weighted by molar-refractivity contribution is 0.0507. The minimum atomic E-state index is -3.51. The van der Waals surface area contributed by atoms with Crippen LogP contribution in [0.3, 0.4) is 0 Å². The molecule has 0 radical (unpaired) electrons. The summed E-state index contributed by atoms with van der Waals surface area (Å²) in [6.45, 7) is 6.94. The molecule has 0 aromatic heterocycles. The molecule has 16 heavy (non-hydrogen) atoms. The summed E-state index contributed by atoms with van der Waals surface area (Å²) < 4.78 is 26.4. The highest BCUT2D eigenvalue weighted by Gasteiger charge is 2.18. The molecule has 5 nitrogen and oxygen atoms in total. The van der Waals surface area contributed by atoms with Crippen LogP contribution in [0.15, 0.2) is 0 Å². The Balaban J connectivity index is 3.97. The lowest BCUT2D eigenvalue weighted by Crippen LogP contribution is -2.38. The van der Waals surface area contributed by atoms with Gasteiger partial charge in [0.1, 0.15) is 5.60 Å². The first-order valence-corrected chi connectivity index (χ1v) is 7.39. The van der Waals surface area contributed by atoms with Crippen molar-refractivity contribution in [3.8, 4) is 0 Å². The van der Waals surface area contributed by atoms with E-state index in [1.807, 2.05) is 0 Å². The maximum atomic E-state index is 11.3. The monoisotopic (exact) mass is 271 g/mol. The Morgan fingerprint density at radius 3 is 2.31 bits per heavy atom. The van der Waals surface area contributed by atoms with Crippen molar-refractivity contribution in [2.24, 2.45) is 0 Å². The van der Waals surface area contributed by atoms with Gasteiger partial charge < -0.3 is 10.1 Å². The second kappa shape index (κ2) is 5.72. The fourth-order valence-corrected chi connectivity index (χ4v) is 1.80. The Morgan fingerprint density at radius 1 is 1.44 bits per heavy atom. The van der Waals surface area contributed by atoms with Gasteiger partial charge in [0.25, 0.3) is 0 Å². The topological polar surface area (TPSA) is 72.5 Å². The highest BCUT2D eigenvalue weighted by Crippen LogP contribution is 2.07. The molecule has 0 aliphatic heterocycles. The van der Waals surface area contributed by atoms with E-state index in [0.29, 0.717) is 0 Å². The molecule has 0 aliphatic rings. The predicted octanol–water partition coefficient (Wildman–Crippen LogP) is 1.86. The minimum absolute atomic E-state index is 0.175. The molecule has 7 heteroatoms. The number of rotatable bonds is 4. The van der Waals surface area contributed by atoms with E-state index in [1.165, 1.54) is 0 Å². The SMILES string of the molecule is CC(CCS(=O)(=O)Cl)NC(=O)OC(C)(C)C. The van der Waals surface area contributed by atoms with Crippen LogP contribution in [0, 0.1) is 0 Å². The first-order valence-electron chi connectivity index (χ1n) is 4.91. The number of carbonyl (C=O) groups is 1. The van der Waals surface area contributed by atoms with E-state index in [-0.39, 0.29) is 18.2 Å². The van der Waals surface area contributed by atoms with Crippen LogP contribution >= 0.6 is 10.7 Å². The first-order chi connectivity index (χ1) is 6.99. The zero-order valence-corrected chi connectivity index (χ0v) is 11.5. The van der Waals surface area contributed by atoms with E-state index in [2.05, 4.69) is 5.32 Å². The van der Waals surface area contributed by atoms with E-state index < -0.39 is 20.7 Å². The van der Waals surface area contributed by atoms with E-state index in [4.69, 9.17) is 15.4 Å². The summed E-state index contributed by atoms with van der Waals surface area (Å²) in [7, 11) is 1.54. The number of halogens is 1. The molecule has 0 aromatic carbocycles. The van der Waals surface area contributed by atoms with Gasteiger partial charge in [-0.05, 0) is 34.1 Å². The summed E-state index contributed by atoms with van der Waals surface area (Å²) in [4.78, 5) is 11.3.